The molecule has 4 heterocycles. The molecule has 3 amide bonds. The molecule has 1 aromatic carbocycles. The second-order valence-electron chi connectivity index (χ2n) is 8.94. The molecule has 2 aliphatic rings. The Morgan fingerprint density at radius 1 is 0.946 bits per heavy atom. The highest BCUT2D eigenvalue weighted by Crippen LogP contribution is 2.30. The molecule has 2 aliphatic heterocycles. The summed E-state index contributed by atoms with van der Waals surface area (Å²) in [7, 11) is 0. The monoisotopic (exact) mass is 520 g/mol. The predicted octanol–water partition coefficient (Wildman–Crippen LogP) is 1.50. The number of nitrogens with zero attached hydrogens (tertiary/aromatic N) is 6. The van der Waals surface area contributed by atoms with Gasteiger partial charge in [-0.15, -0.1) is 5.10 Å². The molecule has 0 saturated carbocycles. The third-order valence-corrected chi connectivity index (χ3v) is 7.39. The third kappa shape index (κ3) is 5.44. The maximum Gasteiger partial charge on any atom is 0.267 e. The lowest BCUT2D eigenvalue weighted by Gasteiger charge is -2.37. The van der Waals surface area contributed by atoms with Crippen LogP contribution in [-0.2, 0) is 0 Å². The first-order valence-corrected chi connectivity index (χ1v) is 13.0. The van der Waals surface area contributed by atoms with Crippen molar-refractivity contribution >= 4 is 40.6 Å². The fourth-order valence-corrected chi connectivity index (χ4v) is 5.13. The molecule has 0 unspecified atom stereocenters. The first-order chi connectivity index (χ1) is 18.0. The van der Waals surface area contributed by atoms with Crippen molar-refractivity contribution in [3.05, 3.63) is 64.4 Å². The number of carbonyl (C=O) groups excluding carboxylic acids is 3. The van der Waals surface area contributed by atoms with Crippen LogP contribution in [0.1, 0.15) is 36.1 Å². The summed E-state index contributed by atoms with van der Waals surface area (Å²) < 4.78 is 3.88. The number of piperazine rings is 2. The van der Waals surface area contributed by atoms with Crippen LogP contribution >= 0.6 is 11.5 Å². The molecule has 192 valence electrons. The molecule has 0 radical (unpaired) electrons. The summed E-state index contributed by atoms with van der Waals surface area (Å²) in [6.07, 6.45) is 3.12. The molecule has 0 aliphatic carbocycles. The van der Waals surface area contributed by atoms with Crippen molar-refractivity contribution in [2.75, 3.05) is 62.6 Å². The van der Waals surface area contributed by atoms with Gasteiger partial charge in [0.25, 0.3) is 17.7 Å². The molecule has 11 nitrogen and oxygen atoms in total. The first-order valence-electron chi connectivity index (χ1n) is 12.2. The molecule has 12 heteroatoms. The van der Waals surface area contributed by atoms with Crippen LogP contribution in [0.3, 0.4) is 0 Å². The van der Waals surface area contributed by atoms with Crippen LogP contribution in [-0.4, -0.2) is 94.5 Å². The lowest BCUT2D eigenvalue weighted by Crippen LogP contribution is -2.49. The molecule has 0 atom stereocenters. The van der Waals surface area contributed by atoms with Gasteiger partial charge in [-0.05, 0) is 48.8 Å². The fraction of sp³-hybridized carbons (Fsp3) is 0.360. The molecule has 37 heavy (non-hydrogen) atoms. The van der Waals surface area contributed by atoms with Gasteiger partial charge in [0.15, 0.2) is 0 Å². The Morgan fingerprint density at radius 3 is 2.38 bits per heavy atom. The molecular formula is C25H28N8O3S. The number of aromatic nitrogens is 3. The molecule has 2 N–H and O–H groups in total. The Bertz CT molecular complexity index is 1280. The third-order valence-electron chi connectivity index (χ3n) is 6.57. The molecular weight excluding hydrogens is 492 g/mol. The summed E-state index contributed by atoms with van der Waals surface area (Å²) in [5.41, 5.74) is 2.95. The van der Waals surface area contributed by atoms with Gasteiger partial charge in [-0.1, -0.05) is 4.49 Å². The van der Waals surface area contributed by atoms with Gasteiger partial charge in [-0.25, -0.2) is 0 Å². The van der Waals surface area contributed by atoms with Gasteiger partial charge in [0.05, 0.1) is 22.6 Å². The minimum absolute atomic E-state index is 0.0609. The van der Waals surface area contributed by atoms with Crippen molar-refractivity contribution in [3.8, 4) is 0 Å². The molecule has 2 aromatic heterocycles. The fourth-order valence-electron chi connectivity index (χ4n) is 4.51. The number of aryl methyl sites for hydroxylation is 1. The number of amides is 3. The number of carbonyl (C=O) groups is 3. The van der Waals surface area contributed by atoms with Crippen LogP contribution in [0.2, 0.25) is 0 Å². The zero-order valence-corrected chi connectivity index (χ0v) is 21.3. The molecule has 2 fully saturated rings. The zero-order valence-electron chi connectivity index (χ0n) is 20.5. The topological polar surface area (TPSA) is 124 Å². The lowest BCUT2D eigenvalue weighted by atomic mass is 10.1. The Kier molecular flexibility index (Phi) is 7.37. The highest BCUT2D eigenvalue weighted by molar-refractivity contribution is 7.07. The summed E-state index contributed by atoms with van der Waals surface area (Å²) in [5, 5.41) is 10.2. The van der Waals surface area contributed by atoms with Crippen LogP contribution in [0.25, 0.3) is 0 Å². The SMILES string of the molecule is Cc1nnsc1C(=O)N1CCN(c2ccc(C(=O)N3CCNCC3)cc2NC(=O)c2cccnc2)CC1. The number of pyridine rings is 1. The van der Waals surface area contributed by atoms with E-state index in [0.717, 1.165) is 30.3 Å². The second kappa shape index (κ2) is 11.0. The van der Waals surface area contributed by atoms with Crippen molar-refractivity contribution in [3.63, 3.8) is 0 Å². The molecule has 0 bridgehead atoms. The van der Waals surface area contributed by atoms with E-state index in [1.807, 2.05) is 17.0 Å². The van der Waals surface area contributed by atoms with E-state index in [4.69, 9.17) is 0 Å². The number of nitrogens with one attached hydrogen (secondary N) is 2. The van der Waals surface area contributed by atoms with Gasteiger partial charge in [0.1, 0.15) is 4.88 Å². The van der Waals surface area contributed by atoms with Crippen molar-refractivity contribution < 1.29 is 14.4 Å². The number of hydrogen-bond donors (Lipinski definition) is 2. The van der Waals surface area contributed by atoms with E-state index in [2.05, 4.69) is 30.1 Å². The minimum Gasteiger partial charge on any atom is -0.366 e. The smallest absolute Gasteiger partial charge is 0.267 e. The van der Waals surface area contributed by atoms with Crippen LogP contribution in [0.4, 0.5) is 11.4 Å². The molecule has 0 spiro atoms. The standard InChI is InChI=1S/C25H28N8O3S/c1-17-22(37-30-29-17)25(36)33-13-11-31(12-14-33)21-5-4-18(24(35)32-9-7-26-8-10-32)15-20(21)28-23(34)19-3-2-6-27-16-19/h2-6,15-16,26H,7-14H2,1H3,(H,28,34). The zero-order chi connectivity index (χ0) is 25.8. The van der Waals surface area contributed by atoms with E-state index in [-0.39, 0.29) is 17.7 Å². The van der Waals surface area contributed by atoms with Crippen molar-refractivity contribution in [2.45, 2.75) is 6.92 Å². The van der Waals surface area contributed by atoms with Gasteiger partial charge in [0.2, 0.25) is 0 Å². The predicted molar refractivity (Wildman–Crippen MR) is 140 cm³/mol. The Morgan fingerprint density at radius 2 is 1.70 bits per heavy atom. The number of hydrogen-bond acceptors (Lipinski definition) is 9. The summed E-state index contributed by atoms with van der Waals surface area (Å²) in [4.78, 5) is 49.4. The minimum atomic E-state index is -0.303. The van der Waals surface area contributed by atoms with Gasteiger partial charge >= 0.3 is 0 Å². The van der Waals surface area contributed by atoms with E-state index in [1.165, 1.54) is 6.20 Å². The van der Waals surface area contributed by atoms with E-state index in [1.54, 1.807) is 36.2 Å². The average Bonchev–Trinajstić information content (AvgIpc) is 3.39. The van der Waals surface area contributed by atoms with Crippen LogP contribution < -0.4 is 15.5 Å². The van der Waals surface area contributed by atoms with Crippen molar-refractivity contribution in [1.29, 1.82) is 0 Å². The number of rotatable bonds is 5. The van der Waals surface area contributed by atoms with Crippen LogP contribution in [0.5, 0.6) is 0 Å². The Balaban J connectivity index is 1.37. The largest absolute Gasteiger partial charge is 0.366 e. The normalized spacial score (nSPS) is 16.0. The number of anilines is 2. The van der Waals surface area contributed by atoms with Gasteiger partial charge < -0.3 is 25.3 Å². The van der Waals surface area contributed by atoms with E-state index < -0.39 is 0 Å². The van der Waals surface area contributed by atoms with Gasteiger partial charge in [-0.2, -0.15) is 0 Å². The van der Waals surface area contributed by atoms with E-state index in [9.17, 15) is 14.4 Å². The summed E-state index contributed by atoms with van der Waals surface area (Å²) >= 11 is 1.11. The van der Waals surface area contributed by atoms with E-state index >= 15 is 0 Å². The average molecular weight is 521 g/mol. The molecule has 2 saturated heterocycles. The number of benzene rings is 1. The lowest BCUT2D eigenvalue weighted by molar-refractivity contribution is 0.0732. The van der Waals surface area contributed by atoms with Crippen LogP contribution in [0.15, 0.2) is 42.7 Å². The summed E-state index contributed by atoms with van der Waals surface area (Å²) in [6.45, 7) is 6.79. The summed E-state index contributed by atoms with van der Waals surface area (Å²) in [6, 6.07) is 8.83. The maximum absolute atomic E-state index is 13.2. The first kappa shape index (κ1) is 24.8. The quantitative estimate of drug-likeness (QED) is 0.519. The highest BCUT2D eigenvalue weighted by Gasteiger charge is 2.27. The van der Waals surface area contributed by atoms with Crippen LogP contribution in [0, 0.1) is 6.92 Å². The highest BCUT2D eigenvalue weighted by atomic mass is 32.1. The van der Waals surface area contributed by atoms with Gasteiger partial charge in [-0.3, -0.25) is 19.4 Å². The molecule has 5 rings (SSSR count). The van der Waals surface area contributed by atoms with Crippen molar-refractivity contribution in [1.82, 2.24) is 29.7 Å². The van der Waals surface area contributed by atoms with E-state index in [0.29, 0.717) is 66.7 Å². The maximum atomic E-state index is 13.2. The van der Waals surface area contributed by atoms with Crippen molar-refractivity contribution in [2.24, 2.45) is 0 Å². The Hall–Kier alpha value is -3.90. The summed E-state index contributed by atoms with van der Waals surface area (Å²) in [5.74, 6) is -0.425. The Labute approximate surface area is 218 Å². The second-order valence-corrected chi connectivity index (χ2v) is 9.69. The molecule has 3 aromatic rings. The van der Waals surface area contributed by atoms with Gasteiger partial charge in [0, 0.05) is 70.3 Å².